The number of hydrogen-bond donors (Lipinski definition) is 0. The second-order valence-corrected chi connectivity index (χ2v) is 7.90. The van der Waals surface area contributed by atoms with Crippen molar-refractivity contribution in [3.05, 3.63) is 90.2 Å². The molecule has 5 rings (SSSR count). The largest absolute Gasteiger partial charge is 0.467 e. The molecule has 0 unspecified atom stereocenters. The van der Waals surface area contributed by atoms with Crippen LogP contribution < -0.4 is 0 Å². The topological polar surface area (TPSA) is 82.8 Å². The monoisotopic (exact) mass is 429 g/mol. The fourth-order valence-corrected chi connectivity index (χ4v) is 4.04. The number of benzene rings is 2. The van der Waals surface area contributed by atoms with Crippen molar-refractivity contribution >= 4 is 11.8 Å². The summed E-state index contributed by atoms with van der Waals surface area (Å²) in [6, 6.07) is 21.7. The standard InChI is InChI=1S/C23H19N5O2S/c1-16-8-5-6-12-19(16)22-25-26-23(28(22)14-18-11-7-13-29-18)31-15-20-24-21(27-30-20)17-9-3-2-4-10-17/h2-13H,14-15H2,1H3. The van der Waals surface area contributed by atoms with Gasteiger partial charge in [-0.25, -0.2) is 0 Å². The van der Waals surface area contributed by atoms with Crippen molar-refractivity contribution in [2.24, 2.45) is 0 Å². The van der Waals surface area contributed by atoms with E-state index in [4.69, 9.17) is 8.94 Å². The van der Waals surface area contributed by atoms with Crippen LogP contribution in [-0.2, 0) is 12.3 Å². The van der Waals surface area contributed by atoms with Gasteiger partial charge in [0.15, 0.2) is 11.0 Å². The van der Waals surface area contributed by atoms with Crippen molar-refractivity contribution in [1.29, 1.82) is 0 Å². The fourth-order valence-electron chi connectivity index (χ4n) is 3.26. The van der Waals surface area contributed by atoms with E-state index in [0.717, 1.165) is 33.4 Å². The van der Waals surface area contributed by atoms with Gasteiger partial charge in [0.25, 0.3) is 0 Å². The van der Waals surface area contributed by atoms with Crippen LogP contribution in [0.2, 0.25) is 0 Å². The Labute approximate surface area is 183 Å². The molecule has 0 aliphatic rings. The van der Waals surface area contributed by atoms with Gasteiger partial charge in [-0.3, -0.25) is 4.57 Å². The molecule has 3 aromatic heterocycles. The van der Waals surface area contributed by atoms with Crippen LogP contribution in [0.5, 0.6) is 0 Å². The lowest BCUT2D eigenvalue weighted by molar-refractivity contribution is 0.391. The third-order valence-electron chi connectivity index (χ3n) is 4.82. The highest BCUT2D eigenvalue weighted by molar-refractivity contribution is 7.98. The first kappa shape index (κ1) is 19.3. The molecular formula is C23H19N5O2S. The molecule has 0 aliphatic carbocycles. The van der Waals surface area contributed by atoms with Gasteiger partial charge < -0.3 is 8.94 Å². The van der Waals surface area contributed by atoms with E-state index in [2.05, 4.69) is 44.0 Å². The summed E-state index contributed by atoms with van der Waals surface area (Å²) in [5.74, 6) is 3.24. The molecule has 0 aliphatic heterocycles. The molecule has 0 spiro atoms. The summed E-state index contributed by atoms with van der Waals surface area (Å²) >= 11 is 1.50. The number of thioether (sulfide) groups is 1. The predicted octanol–water partition coefficient (Wildman–Crippen LogP) is 5.24. The van der Waals surface area contributed by atoms with E-state index in [1.165, 1.54) is 11.8 Å². The first-order chi connectivity index (χ1) is 15.3. The Morgan fingerprint density at radius 2 is 1.77 bits per heavy atom. The van der Waals surface area contributed by atoms with Crippen molar-refractivity contribution in [2.45, 2.75) is 24.4 Å². The van der Waals surface area contributed by atoms with E-state index in [-0.39, 0.29) is 0 Å². The fraction of sp³-hybridized carbons (Fsp3) is 0.130. The maximum Gasteiger partial charge on any atom is 0.237 e. The molecule has 5 aromatic rings. The maximum absolute atomic E-state index is 5.57. The van der Waals surface area contributed by atoms with Crippen molar-refractivity contribution in [3.8, 4) is 22.8 Å². The van der Waals surface area contributed by atoms with Crippen molar-refractivity contribution < 1.29 is 8.94 Å². The van der Waals surface area contributed by atoms with E-state index < -0.39 is 0 Å². The van der Waals surface area contributed by atoms with E-state index in [1.807, 2.05) is 54.6 Å². The molecule has 3 heterocycles. The Bertz CT molecular complexity index is 1280. The van der Waals surface area contributed by atoms with Crippen LogP contribution >= 0.6 is 11.8 Å². The zero-order valence-electron chi connectivity index (χ0n) is 16.8. The SMILES string of the molecule is Cc1ccccc1-c1nnc(SCc2nc(-c3ccccc3)no2)n1Cc1ccco1. The van der Waals surface area contributed by atoms with Crippen LogP contribution in [0.25, 0.3) is 22.8 Å². The van der Waals surface area contributed by atoms with Crippen LogP contribution in [0.4, 0.5) is 0 Å². The lowest BCUT2D eigenvalue weighted by Crippen LogP contribution is -2.04. The summed E-state index contributed by atoms with van der Waals surface area (Å²) in [5.41, 5.74) is 3.10. The highest BCUT2D eigenvalue weighted by Crippen LogP contribution is 2.29. The summed E-state index contributed by atoms with van der Waals surface area (Å²) in [4.78, 5) is 4.51. The number of rotatable bonds is 7. The summed E-state index contributed by atoms with van der Waals surface area (Å²) in [6.07, 6.45) is 1.67. The number of nitrogens with zero attached hydrogens (tertiary/aromatic N) is 5. The molecule has 0 N–H and O–H groups in total. The molecule has 154 valence electrons. The highest BCUT2D eigenvalue weighted by Gasteiger charge is 2.18. The number of furan rings is 1. The van der Waals surface area contributed by atoms with Crippen molar-refractivity contribution in [1.82, 2.24) is 24.9 Å². The molecule has 0 amide bonds. The van der Waals surface area contributed by atoms with E-state index in [1.54, 1.807) is 6.26 Å². The maximum atomic E-state index is 5.57. The van der Waals surface area contributed by atoms with Gasteiger partial charge in [-0.15, -0.1) is 10.2 Å². The summed E-state index contributed by atoms with van der Waals surface area (Å²) in [6.45, 7) is 2.60. The van der Waals surface area contributed by atoms with Crippen LogP contribution in [0.3, 0.4) is 0 Å². The van der Waals surface area contributed by atoms with Crippen LogP contribution in [0.1, 0.15) is 17.2 Å². The lowest BCUT2D eigenvalue weighted by Gasteiger charge is -2.10. The average Bonchev–Trinajstić information content (AvgIpc) is 3.56. The van der Waals surface area contributed by atoms with E-state index >= 15 is 0 Å². The smallest absolute Gasteiger partial charge is 0.237 e. The molecule has 7 nitrogen and oxygen atoms in total. The molecule has 0 saturated heterocycles. The quantitative estimate of drug-likeness (QED) is 0.327. The second kappa shape index (κ2) is 8.61. The highest BCUT2D eigenvalue weighted by atomic mass is 32.2. The van der Waals surface area contributed by atoms with Gasteiger partial charge in [-0.1, -0.05) is 71.5 Å². The molecule has 2 aromatic carbocycles. The third-order valence-corrected chi connectivity index (χ3v) is 5.77. The van der Waals surface area contributed by atoms with Crippen molar-refractivity contribution in [2.75, 3.05) is 0 Å². The average molecular weight is 430 g/mol. The zero-order valence-corrected chi connectivity index (χ0v) is 17.6. The first-order valence-electron chi connectivity index (χ1n) is 9.80. The van der Waals surface area contributed by atoms with Gasteiger partial charge in [0.05, 0.1) is 18.6 Å². The number of aryl methyl sites for hydroxylation is 1. The van der Waals surface area contributed by atoms with Gasteiger partial charge in [0.1, 0.15) is 5.76 Å². The molecule has 0 saturated carbocycles. The molecule has 0 atom stereocenters. The first-order valence-corrected chi connectivity index (χ1v) is 10.8. The van der Waals surface area contributed by atoms with Crippen molar-refractivity contribution in [3.63, 3.8) is 0 Å². The van der Waals surface area contributed by atoms with Gasteiger partial charge in [0.2, 0.25) is 11.7 Å². The van der Waals surface area contributed by atoms with E-state index in [9.17, 15) is 0 Å². The van der Waals surface area contributed by atoms with Gasteiger partial charge in [0, 0.05) is 11.1 Å². The minimum absolute atomic E-state index is 0.490. The normalized spacial score (nSPS) is 11.1. The zero-order chi connectivity index (χ0) is 21.0. The van der Waals surface area contributed by atoms with Crippen LogP contribution in [0, 0.1) is 6.92 Å². The summed E-state index contributed by atoms with van der Waals surface area (Å²) < 4.78 is 13.1. The Morgan fingerprint density at radius 3 is 2.58 bits per heavy atom. The Hall–Kier alpha value is -3.65. The molecule has 8 heteroatoms. The van der Waals surface area contributed by atoms with Gasteiger partial charge >= 0.3 is 0 Å². The Kier molecular flexibility index (Phi) is 5.37. The minimum Gasteiger partial charge on any atom is -0.467 e. The number of hydrogen-bond acceptors (Lipinski definition) is 7. The Balaban J connectivity index is 1.41. The molecule has 31 heavy (non-hydrogen) atoms. The Morgan fingerprint density at radius 1 is 0.935 bits per heavy atom. The van der Waals surface area contributed by atoms with Gasteiger partial charge in [-0.05, 0) is 24.6 Å². The summed E-state index contributed by atoms with van der Waals surface area (Å²) in [7, 11) is 0. The molecular weight excluding hydrogens is 410 g/mol. The molecule has 0 radical (unpaired) electrons. The van der Waals surface area contributed by atoms with Crippen LogP contribution in [0.15, 0.2) is 87.1 Å². The second-order valence-electron chi connectivity index (χ2n) is 6.95. The third kappa shape index (κ3) is 4.15. The summed E-state index contributed by atoms with van der Waals surface area (Å²) in [5, 5.41) is 13.8. The van der Waals surface area contributed by atoms with Gasteiger partial charge in [-0.2, -0.15) is 4.98 Å². The minimum atomic E-state index is 0.490. The van der Waals surface area contributed by atoms with Crippen LogP contribution in [-0.4, -0.2) is 24.9 Å². The molecule has 0 fully saturated rings. The molecule has 0 bridgehead atoms. The predicted molar refractivity (Wildman–Crippen MR) is 117 cm³/mol. The van der Waals surface area contributed by atoms with E-state index in [0.29, 0.717) is 24.0 Å². The number of aromatic nitrogens is 5. The lowest BCUT2D eigenvalue weighted by atomic mass is 10.1.